The minimum atomic E-state index is -4.65. The van der Waals surface area contributed by atoms with Gasteiger partial charge in [-0.2, -0.15) is 18.4 Å². The number of hydrogen-bond donors (Lipinski definition) is 1. The molecule has 138 valence electrons. The predicted octanol–water partition coefficient (Wildman–Crippen LogP) is 1.63. The van der Waals surface area contributed by atoms with E-state index in [1.54, 1.807) is 0 Å². The monoisotopic (exact) mass is 368 g/mol. The number of fused-ring (bicyclic) bond motifs is 1. The summed E-state index contributed by atoms with van der Waals surface area (Å²) >= 11 is 0. The van der Waals surface area contributed by atoms with Crippen LogP contribution in [-0.2, 0) is 10.9 Å². The Labute approximate surface area is 145 Å². The number of hydrogen-bond acceptors (Lipinski definition) is 5. The van der Waals surface area contributed by atoms with E-state index < -0.39 is 28.9 Å². The van der Waals surface area contributed by atoms with Gasteiger partial charge in [0, 0.05) is 13.1 Å². The molecule has 1 fully saturated rings. The lowest BCUT2D eigenvalue weighted by atomic mass is 10.1. The molecule has 0 bridgehead atoms. The van der Waals surface area contributed by atoms with Crippen molar-refractivity contribution in [1.82, 2.24) is 9.55 Å². The minimum Gasteiger partial charge on any atom is -0.378 e. The highest BCUT2D eigenvalue weighted by molar-refractivity contribution is 5.82. The zero-order chi connectivity index (χ0) is 19.1. The number of anilines is 1. The summed E-state index contributed by atoms with van der Waals surface area (Å²) in [6, 6.07) is 2.84. The topological polar surface area (TPSA) is 91.1 Å². The molecule has 0 saturated carbocycles. The van der Waals surface area contributed by atoms with Crippen molar-refractivity contribution < 1.29 is 17.9 Å². The Morgan fingerprint density at radius 1 is 1.27 bits per heavy atom. The van der Waals surface area contributed by atoms with Gasteiger partial charge in [-0.15, -0.1) is 0 Å². The van der Waals surface area contributed by atoms with Crippen molar-refractivity contribution in [3.8, 4) is 6.07 Å². The highest BCUT2D eigenvalue weighted by Gasteiger charge is 2.36. The van der Waals surface area contributed by atoms with Crippen LogP contribution in [0.3, 0.4) is 0 Å². The SMILES string of the molecule is CC(C#N)n1c(=O)c(=O)[nH]c2cc(C(F)(F)F)c(N3CCOCC3)cc21. The van der Waals surface area contributed by atoms with Crippen molar-refractivity contribution in [3.05, 3.63) is 38.4 Å². The molecule has 1 atom stereocenters. The lowest BCUT2D eigenvalue weighted by Gasteiger charge is -2.31. The molecule has 1 aromatic heterocycles. The first kappa shape index (κ1) is 18.0. The lowest BCUT2D eigenvalue weighted by Crippen LogP contribution is -2.39. The maximum Gasteiger partial charge on any atom is 0.418 e. The highest BCUT2D eigenvalue weighted by atomic mass is 19.4. The van der Waals surface area contributed by atoms with Crippen LogP contribution in [0, 0.1) is 11.3 Å². The number of alkyl halides is 3. The number of halogens is 3. The number of aromatic nitrogens is 2. The molecule has 0 spiro atoms. The molecule has 1 aromatic carbocycles. The maximum atomic E-state index is 13.6. The fourth-order valence-electron chi connectivity index (χ4n) is 3.01. The smallest absolute Gasteiger partial charge is 0.378 e. The van der Waals surface area contributed by atoms with E-state index in [4.69, 9.17) is 10.00 Å². The van der Waals surface area contributed by atoms with Gasteiger partial charge in [0.2, 0.25) is 0 Å². The number of nitrogens with one attached hydrogen (secondary N) is 1. The molecular formula is C16H15F3N4O3. The van der Waals surface area contributed by atoms with Gasteiger partial charge in [-0.05, 0) is 19.1 Å². The summed E-state index contributed by atoms with van der Waals surface area (Å²) in [4.78, 5) is 27.7. The largest absolute Gasteiger partial charge is 0.418 e. The van der Waals surface area contributed by atoms with Gasteiger partial charge in [0.05, 0.1) is 41.6 Å². The fourth-order valence-corrected chi connectivity index (χ4v) is 3.01. The number of H-pyrrole nitrogens is 1. The quantitative estimate of drug-likeness (QED) is 0.814. The first-order valence-corrected chi connectivity index (χ1v) is 7.86. The zero-order valence-electron chi connectivity index (χ0n) is 13.8. The molecule has 2 aromatic rings. The molecule has 0 radical (unpaired) electrons. The Kier molecular flexibility index (Phi) is 4.50. The first-order valence-electron chi connectivity index (χ1n) is 7.86. The molecule has 10 heteroatoms. The average molecular weight is 368 g/mol. The summed E-state index contributed by atoms with van der Waals surface area (Å²) in [5.41, 5.74) is -3.18. The molecule has 1 aliphatic rings. The van der Waals surface area contributed by atoms with Gasteiger partial charge in [-0.25, -0.2) is 0 Å². The van der Waals surface area contributed by atoms with E-state index in [0.29, 0.717) is 0 Å². The van der Waals surface area contributed by atoms with Crippen LogP contribution in [0.1, 0.15) is 18.5 Å². The molecule has 1 saturated heterocycles. The fraction of sp³-hybridized carbons (Fsp3) is 0.438. The van der Waals surface area contributed by atoms with Crippen molar-refractivity contribution in [2.24, 2.45) is 0 Å². The second-order valence-electron chi connectivity index (χ2n) is 5.92. The molecule has 7 nitrogen and oxygen atoms in total. The predicted molar refractivity (Wildman–Crippen MR) is 87.2 cm³/mol. The Morgan fingerprint density at radius 2 is 1.92 bits per heavy atom. The van der Waals surface area contributed by atoms with Crippen LogP contribution in [0.2, 0.25) is 0 Å². The normalized spacial score (nSPS) is 16.5. The van der Waals surface area contributed by atoms with Crippen LogP contribution in [0.4, 0.5) is 18.9 Å². The van der Waals surface area contributed by atoms with Crippen LogP contribution < -0.4 is 16.0 Å². The molecule has 0 aliphatic carbocycles. The Balaban J connectivity index is 2.37. The van der Waals surface area contributed by atoms with E-state index in [-0.39, 0.29) is 43.0 Å². The third kappa shape index (κ3) is 3.06. The van der Waals surface area contributed by atoms with Gasteiger partial charge in [0.25, 0.3) is 0 Å². The second kappa shape index (κ2) is 6.49. The summed E-state index contributed by atoms with van der Waals surface area (Å²) in [6.45, 7) is 2.48. The highest BCUT2D eigenvalue weighted by Crippen LogP contribution is 2.39. The number of nitrogens with zero attached hydrogens (tertiary/aromatic N) is 3. The van der Waals surface area contributed by atoms with E-state index in [0.717, 1.165) is 10.6 Å². The molecule has 3 rings (SSSR count). The standard InChI is InChI=1S/C16H15F3N4O3/c1-9(8-20)23-13-7-12(22-2-4-26-5-3-22)10(16(17,18)19)6-11(13)21-14(24)15(23)25/h6-7,9H,2-5H2,1H3,(H,21,24). The van der Waals surface area contributed by atoms with Gasteiger partial charge in [0.15, 0.2) is 0 Å². The van der Waals surface area contributed by atoms with E-state index in [1.165, 1.54) is 17.9 Å². The van der Waals surface area contributed by atoms with Gasteiger partial charge in [-0.3, -0.25) is 14.2 Å². The molecule has 1 N–H and O–H groups in total. The maximum absolute atomic E-state index is 13.6. The molecular weight excluding hydrogens is 353 g/mol. The third-order valence-corrected chi connectivity index (χ3v) is 4.27. The molecule has 26 heavy (non-hydrogen) atoms. The number of benzene rings is 1. The van der Waals surface area contributed by atoms with Crippen molar-refractivity contribution in [3.63, 3.8) is 0 Å². The van der Waals surface area contributed by atoms with Gasteiger partial charge < -0.3 is 14.6 Å². The second-order valence-corrected chi connectivity index (χ2v) is 5.92. The molecule has 1 unspecified atom stereocenters. The van der Waals surface area contributed by atoms with Crippen molar-refractivity contribution in [1.29, 1.82) is 5.26 Å². The number of ether oxygens (including phenoxy) is 1. The van der Waals surface area contributed by atoms with E-state index >= 15 is 0 Å². The summed E-state index contributed by atoms with van der Waals surface area (Å²) in [5.74, 6) is 0. The van der Waals surface area contributed by atoms with Crippen molar-refractivity contribution in [2.75, 3.05) is 31.2 Å². The summed E-state index contributed by atoms with van der Waals surface area (Å²) in [5, 5.41) is 9.14. The lowest BCUT2D eigenvalue weighted by molar-refractivity contribution is -0.137. The first-order chi connectivity index (χ1) is 12.2. The molecule has 2 heterocycles. The summed E-state index contributed by atoms with van der Waals surface area (Å²) in [7, 11) is 0. The third-order valence-electron chi connectivity index (χ3n) is 4.27. The molecule has 0 amide bonds. The summed E-state index contributed by atoms with van der Waals surface area (Å²) in [6.07, 6.45) is -4.65. The average Bonchev–Trinajstić information content (AvgIpc) is 2.61. The van der Waals surface area contributed by atoms with E-state index in [9.17, 15) is 22.8 Å². The molecule has 1 aliphatic heterocycles. The number of aromatic amines is 1. The zero-order valence-corrected chi connectivity index (χ0v) is 13.8. The number of nitriles is 1. The van der Waals surface area contributed by atoms with Gasteiger partial charge >= 0.3 is 17.3 Å². The number of morpholine rings is 1. The van der Waals surface area contributed by atoms with Crippen LogP contribution >= 0.6 is 0 Å². The van der Waals surface area contributed by atoms with Gasteiger partial charge in [-0.1, -0.05) is 0 Å². The summed E-state index contributed by atoms with van der Waals surface area (Å²) < 4.78 is 46.8. The van der Waals surface area contributed by atoms with Gasteiger partial charge in [0.1, 0.15) is 6.04 Å². The van der Waals surface area contributed by atoms with Crippen molar-refractivity contribution in [2.45, 2.75) is 19.1 Å². The van der Waals surface area contributed by atoms with E-state index in [1.807, 2.05) is 6.07 Å². The van der Waals surface area contributed by atoms with E-state index in [2.05, 4.69) is 4.98 Å². The van der Waals surface area contributed by atoms with Crippen LogP contribution in [0.25, 0.3) is 11.0 Å². The Bertz CT molecular complexity index is 997. The Hall–Kier alpha value is -2.80. The number of rotatable bonds is 2. The minimum absolute atomic E-state index is 0.0677. The van der Waals surface area contributed by atoms with Crippen LogP contribution in [0.5, 0.6) is 0 Å². The van der Waals surface area contributed by atoms with Crippen LogP contribution in [0.15, 0.2) is 21.7 Å². The van der Waals surface area contributed by atoms with Crippen molar-refractivity contribution >= 4 is 16.7 Å². The van der Waals surface area contributed by atoms with Crippen LogP contribution in [-0.4, -0.2) is 35.9 Å². The Morgan fingerprint density at radius 3 is 2.50 bits per heavy atom.